The van der Waals surface area contributed by atoms with Crippen LogP contribution in [-0.4, -0.2) is 15.1 Å². The van der Waals surface area contributed by atoms with Crippen molar-refractivity contribution in [2.24, 2.45) is 0 Å². The summed E-state index contributed by atoms with van der Waals surface area (Å²) in [5.74, 6) is -0.371. The van der Waals surface area contributed by atoms with Crippen LogP contribution >= 0.6 is 11.6 Å². The highest BCUT2D eigenvalue weighted by Gasteiger charge is 2.20. The van der Waals surface area contributed by atoms with Crippen LogP contribution in [0.1, 0.15) is 16.8 Å². The fourth-order valence-electron chi connectivity index (χ4n) is 2.34. The molecule has 1 aromatic heterocycles. The molecule has 2 N–H and O–H groups in total. The van der Waals surface area contributed by atoms with Crippen LogP contribution in [0.25, 0.3) is 16.5 Å². The second-order valence-electron chi connectivity index (χ2n) is 5.08. The molecule has 0 radical (unpaired) electrons. The molecule has 0 aliphatic heterocycles. The number of H-pyrrole nitrogens is 1. The first-order valence-electron chi connectivity index (χ1n) is 7.13. The lowest BCUT2D eigenvalue weighted by atomic mass is 10.1. The number of aromatic amines is 1. The van der Waals surface area contributed by atoms with Gasteiger partial charge in [-0.05, 0) is 17.7 Å². The summed E-state index contributed by atoms with van der Waals surface area (Å²) in [4.78, 5) is 18.9. The van der Waals surface area contributed by atoms with Crippen molar-refractivity contribution >= 4 is 28.1 Å². The average Bonchev–Trinajstić information content (AvgIpc) is 2.62. The lowest BCUT2D eigenvalue weighted by Gasteiger charge is -2.11. The predicted octanol–water partition coefficient (Wildman–Crippen LogP) is 3.70. The van der Waals surface area contributed by atoms with Crippen LogP contribution in [0.4, 0.5) is 0 Å². The van der Waals surface area contributed by atoms with E-state index in [-0.39, 0.29) is 22.7 Å². The van der Waals surface area contributed by atoms with E-state index in [1.165, 1.54) is 0 Å². The third-order valence-corrected chi connectivity index (χ3v) is 4.01. The van der Waals surface area contributed by atoms with E-state index in [1.54, 1.807) is 48.5 Å². The number of para-hydroxylation sites is 1. The number of alkyl halides is 1. The van der Waals surface area contributed by atoms with E-state index in [4.69, 9.17) is 11.6 Å². The molecule has 0 amide bonds. The minimum Gasteiger partial charge on any atom is -0.509 e. The van der Waals surface area contributed by atoms with Crippen LogP contribution < -0.4 is 5.56 Å². The van der Waals surface area contributed by atoms with Crippen molar-refractivity contribution in [2.45, 2.75) is 5.38 Å². The van der Waals surface area contributed by atoms with Gasteiger partial charge >= 0.3 is 0 Å². The number of halogens is 1. The van der Waals surface area contributed by atoms with Crippen molar-refractivity contribution in [3.63, 3.8) is 0 Å². The normalized spacial score (nSPS) is 13.2. The van der Waals surface area contributed by atoms with E-state index >= 15 is 0 Å². The molecule has 0 saturated heterocycles. The van der Waals surface area contributed by atoms with Gasteiger partial charge < -0.3 is 10.1 Å². The lowest BCUT2D eigenvalue weighted by molar-refractivity contribution is 0.397. The molecule has 5 nitrogen and oxygen atoms in total. The number of fused-ring (bicyclic) bond motifs is 1. The fourth-order valence-corrected chi connectivity index (χ4v) is 2.60. The summed E-state index contributed by atoms with van der Waals surface area (Å²) in [5, 5.41) is 19.3. The zero-order chi connectivity index (χ0) is 17.1. The Morgan fingerprint density at radius 1 is 1.17 bits per heavy atom. The number of allylic oxidation sites excluding steroid dienone is 2. The summed E-state index contributed by atoms with van der Waals surface area (Å²) >= 11 is 6.26. The van der Waals surface area contributed by atoms with Gasteiger partial charge in [0, 0.05) is 0 Å². The number of benzene rings is 2. The van der Waals surface area contributed by atoms with Gasteiger partial charge in [-0.25, -0.2) is 4.98 Å². The number of rotatable bonds is 3. The van der Waals surface area contributed by atoms with Crippen molar-refractivity contribution < 1.29 is 5.11 Å². The number of nitriles is 1. The Morgan fingerprint density at radius 2 is 1.83 bits per heavy atom. The Kier molecular flexibility index (Phi) is 4.32. The van der Waals surface area contributed by atoms with E-state index in [2.05, 4.69) is 9.97 Å². The smallest absolute Gasteiger partial charge is 0.259 e. The highest BCUT2D eigenvalue weighted by atomic mass is 35.5. The van der Waals surface area contributed by atoms with Gasteiger partial charge in [0.05, 0.1) is 10.9 Å². The molecular formula is C18H12ClN3O2. The van der Waals surface area contributed by atoms with E-state index in [0.717, 1.165) is 0 Å². The molecule has 3 rings (SSSR count). The van der Waals surface area contributed by atoms with Crippen LogP contribution in [-0.2, 0) is 0 Å². The molecule has 0 spiro atoms. The molecule has 0 bridgehead atoms. The molecule has 0 aliphatic carbocycles. The largest absolute Gasteiger partial charge is 0.509 e. The molecule has 2 aromatic carbocycles. The maximum Gasteiger partial charge on any atom is 0.259 e. The van der Waals surface area contributed by atoms with Crippen molar-refractivity contribution in [3.05, 3.63) is 82.1 Å². The maximum absolute atomic E-state index is 12.1. The van der Waals surface area contributed by atoms with Crippen LogP contribution in [0.15, 0.2) is 65.2 Å². The molecule has 1 atom stereocenters. The van der Waals surface area contributed by atoms with Gasteiger partial charge in [0.25, 0.3) is 5.56 Å². The maximum atomic E-state index is 12.1. The van der Waals surface area contributed by atoms with Crippen LogP contribution in [0.2, 0.25) is 0 Å². The number of aliphatic hydroxyl groups is 1. The van der Waals surface area contributed by atoms with Gasteiger partial charge in [-0.1, -0.05) is 42.5 Å². The molecule has 24 heavy (non-hydrogen) atoms. The number of aromatic nitrogens is 2. The second-order valence-corrected chi connectivity index (χ2v) is 5.51. The number of nitrogens with zero attached hydrogens (tertiary/aromatic N) is 2. The predicted molar refractivity (Wildman–Crippen MR) is 92.6 cm³/mol. The Balaban J connectivity index is 2.15. The highest BCUT2D eigenvalue weighted by molar-refractivity contribution is 6.23. The molecule has 0 unspecified atom stereocenters. The highest BCUT2D eigenvalue weighted by Crippen LogP contribution is 2.31. The summed E-state index contributed by atoms with van der Waals surface area (Å²) in [6, 6.07) is 17.5. The minimum absolute atomic E-state index is 0.0136. The Labute approximate surface area is 142 Å². The van der Waals surface area contributed by atoms with E-state index in [0.29, 0.717) is 16.5 Å². The molecule has 118 valence electrons. The van der Waals surface area contributed by atoms with Gasteiger partial charge in [0.15, 0.2) is 5.82 Å². The SMILES string of the molecule is N#CC(=C(O)[C@@H](Cl)c1ccccc1)c1nc2ccccc2c(=O)[nH]1. The van der Waals surface area contributed by atoms with E-state index < -0.39 is 5.38 Å². The van der Waals surface area contributed by atoms with Crippen LogP contribution in [0.3, 0.4) is 0 Å². The topological polar surface area (TPSA) is 89.8 Å². The number of aliphatic hydroxyl groups excluding tert-OH is 1. The summed E-state index contributed by atoms with van der Waals surface area (Å²) in [7, 11) is 0. The monoisotopic (exact) mass is 337 g/mol. The zero-order valence-electron chi connectivity index (χ0n) is 12.4. The molecule has 0 saturated carbocycles. The third-order valence-electron chi connectivity index (χ3n) is 3.55. The van der Waals surface area contributed by atoms with Gasteiger partial charge in [-0.3, -0.25) is 4.79 Å². The first-order chi connectivity index (χ1) is 11.6. The van der Waals surface area contributed by atoms with Gasteiger partial charge in [0.2, 0.25) is 0 Å². The molecule has 0 aliphatic rings. The first-order valence-corrected chi connectivity index (χ1v) is 7.57. The van der Waals surface area contributed by atoms with Crippen molar-refractivity contribution in [1.82, 2.24) is 9.97 Å². The Hall–Kier alpha value is -3.10. The van der Waals surface area contributed by atoms with E-state index in [9.17, 15) is 15.2 Å². The molecule has 3 aromatic rings. The lowest BCUT2D eigenvalue weighted by Crippen LogP contribution is -2.12. The number of nitrogens with one attached hydrogen (secondary N) is 1. The van der Waals surface area contributed by atoms with Crippen LogP contribution in [0, 0.1) is 11.3 Å². The van der Waals surface area contributed by atoms with Gasteiger partial charge in [-0.2, -0.15) is 5.26 Å². The third kappa shape index (κ3) is 2.87. The van der Waals surface area contributed by atoms with Crippen LogP contribution in [0.5, 0.6) is 0 Å². The minimum atomic E-state index is -0.919. The second kappa shape index (κ2) is 6.57. The standard InChI is InChI=1S/C18H12ClN3O2/c19-15(11-6-2-1-3-7-11)16(23)13(10-20)17-21-14-9-5-4-8-12(14)18(24)22-17/h1-9,15,23H,(H,21,22,24)/t15-/m0/s1. The van der Waals surface area contributed by atoms with Gasteiger partial charge in [-0.15, -0.1) is 11.6 Å². The molecule has 1 heterocycles. The molecule has 0 fully saturated rings. The van der Waals surface area contributed by atoms with Crippen molar-refractivity contribution in [1.29, 1.82) is 5.26 Å². The Bertz CT molecular complexity index is 1020. The fraction of sp³-hybridized carbons (Fsp3) is 0.0556. The number of hydrogen-bond donors (Lipinski definition) is 2. The van der Waals surface area contributed by atoms with E-state index in [1.807, 2.05) is 12.1 Å². The summed E-state index contributed by atoms with van der Waals surface area (Å²) in [6.45, 7) is 0. The summed E-state index contributed by atoms with van der Waals surface area (Å²) < 4.78 is 0. The number of hydrogen-bond acceptors (Lipinski definition) is 4. The average molecular weight is 338 g/mol. The molecular weight excluding hydrogens is 326 g/mol. The van der Waals surface area contributed by atoms with Crippen molar-refractivity contribution in [2.75, 3.05) is 0 Å². The van der Waals surface area contributed by atoms with Crippen molar-refractivity contribution in [3.8, 4) is 6.07 Å². The molecule has 6 heteroatoms. The summed E-state index contributed by atoms with van der Waals surface area (Å²) in [5.41, 5.74) is 0.513. The summed E-state index contributed by atoms with van der Waals surface area (Å²) in [6.07, 6.45) is 0. The Morgan fingerprint density at radius 3 is 2.54 bits per heavy atom. The van der Waals surface area contributed by atoms with Gasteiger partial charge in [0.1, 0.15) is 22.8 Å². The quantitative estimate of drug-likeness (QED) is 0.433. The first kappa shape index (κ1) is 15.8. The zero-order valence-corrected chi connectivity index (χ0v) is 13.2.